The molecule has 2 aromatic rings. The van der Waals surface area contributed by atoms with Gasteiger partial charge in [0.15, 0.2) is 0 Å². The number of rotatable bonds is 1. The average molecular weight is 240 g/mol. The maximum absolute atomic E-state index is 12.5. The molecule has 4 nitrogen and oxygen atoms in total. The van der Waals surface area contributed by atoms with Gasteiger partial charge in [0.05, 0.1) is 17.5 Å². The topological polar surface area (TPSA) is 64.7 Å². The lowest BCUT2D eigenvalue weighted by molar-refractivity contribution is -0.137. The molecule has 0 aliphatic carbocycles. The minimum atomic E-state index is -4.39. The summed E-state index contributed by atoms with van der Waals surface area (Å²) in [6.45, 7) is 0. The fourth-order valence-electron chi connectivity index (χ4n) is 1.31. The van der Waals surface area contributed by atoms with Crippen LogP contribution in [-0.2, 0) is 6.18 Å². The minimum absolute atomic E-state index is 0.0834. The third-order valence-electron chi connectivity index (χ3n) is 2.06. The highest BCUT2D eigenvalue weighted by Crippen LogP contribution is 2.31. The molecule has 7 heteroatoms. The maximum Gasteiger partial charge on any atom is 0.416 e. The zero-order valence-corrected chi connectivity index (χ0v) is 8.44. The minimum Gasteiger partial charge on any atom is -0.366 e. The van der Waals surface area contributed by atoms with E-state index in [9.17, 15) is 13.2 Å². The summed E-state index contributed by atoms with van der Waals surface area (Å²) in [5.74, 6) is -0.0834. The van der Waals surface area contributed by atoms with Gasteiger partial charge in [-0.2, -0.15) is 18.3 Å². The van der Waals surface area contributed by atoms with Crippen LogP contribution in [0.15, 0.2) is 30.5 Å². The Morgan fingerprint density at radius 2 is 1.94 bits per heavy atom. The highest BCUT2D eigenvalue weighted by Gasteiger charge is 2.30. The van der Waals surface area contributed by atoms with Crippen LogP contribution in [0.25, 0.3) is 11.3 Å². The summed E-state index contributed by atoms with van der Waals surface area (Å²) in [5, 5.41) is 6.96. The van der Waals surface area contributed by atoms with Crippen molar-refractivity contribution < 1.29 is 13.2 Å². The van der Waals surface area contributed by atoms with E-state index < -0.39 is 11.7 Å². The van der Waals surface area contributed by atoms with Gasteiger partial charge in [0.1, 0.15) is 0 Å². The standard InChI is InChI=1S/C10H7F3N4/c11-10(12,13)7-3-1-2-6(4-7)8-5-15-17-9(14)16-8/h1-5H,(H2,14,16,17). The van der Waals surface area contributed by atoms with Crippen LogP contribution < -0.4 is 5.73 Å². The smallest absolute Gasteiger partial charge is 0.366 e. The molecule has 0 fully saturated rings. The van der Waals surface area contributed by atoms with Gasteiger partial charge >= 0.3 is 6.18 Å². The third kappa shape index (κ3) is 2.49. The van der Waals surface area contributed by atoms with Crippen LogP contribution in [0.4, 0.5) is 19.1 Å². The Bertz CT molecular complexity index is 539. The summed E-state index contributed by atoms with van der Waals surface area (Å²) in [6.07, 6.45) is -3.13. The van der Waals surface area contributed by atoms with Crippen molar-refractivity contribution in [1.29, 1.82) is 0 Å². The van der Waals surface area contributed by atoms with Crippen LogP contribution in [0.1, 0.15) is 5.56 Å². The fourth-order valence-corrected chi connectivity index (χ4v) is 1.31. The molecule has 1 aromatic heterocycles. The van der Waals surface area contributed by atoms with E-state index in [0.29, 0.717) is 5.56 Å². The van der Waals surface area contributed by atoms with E-state index in [1.54, 1.807) is 0 Å². The maximum atomic E-state index is 12.5. The van der Waals surface area contributed by atoms with Crippen LogP contribution in [0.2, 0.25) is 0 Å². The number of anilines is 1. The number of aromatic nitrogens is 3. The van der Waals surface area contributed by atoms with Crippen molar-refractivity contribution in [3.8, 4) is 11.3 Å². The van der Waals surface area contributed by atoms with Gasteiger partial charge in [-0.05, 0) is 12.1 Å². The first-order valence-electron chi connectivity index (χ1n) is 4.59. The number of halogens is 3. The second-order valence-corrected chi connectivity index (χ2v) is 3.28. The summed E-state index contributed by atoms with van der Waals surface area (Å²) in [7, 11) is 0. The Morgan fingerprint density at radius 3 is 2.59 bits per heavy atom. The van der Waals surface area contributed by atoms with Crippen molar-refractivity contribution in [2.45, 2.75) is 6.18 Å². The molecular formula is C10H7F3N4. The van der Waals surface area contributed by atoms with Crippen molar-refractivity contribution in [2.24, 2.45) is 0 Å². The number of alkyl halides is 3. The first-order valence-corrected chi connectivity index (χ1v) is 4.59. The summed E-state index contributed by atoms with van der Waals surface area (Å²) in [6, 6.07) is 4.78. The Hall–Kier alpha value is -2.18. The number of nitrogens with zero attached hydrogens (tertiary/aromatic N) is 3. The van der Waals surface area contributed by atoms with Crippen LogP contribution in [0, 0.1) is 0 Å². The lowest BCUT2D eigenvalue weighted by Crippen LogP contribution is -2.05. The molecule has 2 N–H and O–H groups in total. The van der Waals surface area contributed by atoms with Gasteiger partial charge in [0, 0.05) is 5.56 Å². The molecule has 0 aliphatic heterocycles. The summed E-state index contributed by atoms with van der Waals surface area (Å²) in [5.41, 5.74) is 5.12. The van der Waals surface area contributed by atoms with Gasteiger partial charge in [0.25, 0.3) is 0 Å². The van der Waals surface area contributed by atoms with Crippen LogP contribution in [0.5, 0.6) is 0 Å². The summed E-state index contributed by atoms with van der Waals surface area (Å²) >= 11 is 0. The molecule has 0 saturated carbocycles. The van der Waals surface area contributed by atoms with Gasteiger partial charge in [-0.25, -0.2) is 4.98 Å². The van der Waals surface area contributed by atoms with E-state index in [-0.39, 0.29) is 11.6 Å². The highest BCUT2D eigenvalue weighted by atomic mass is 19.4. The van der Waals surface area contributed by atoms with Gasteiger partial charge in [-0.1, -0.05) is 12.1 Å². The molecule has 17 heavy (non-hydrogen) atoms. The van der Waals surface area contributed by atoms with Crippen molar-refractivity contribution in [3.05, 3.63) is 36.0 Å². The normalized spacial score (nSPS) is 11.5. The fraction of sp³-hybridized carbons (Fsp3) is 0.100. The van der Waals surface area contributed by atoms with Crippen LogP contribution in [0.3, 0.4) is 0 Å². The predicted octanol–water partition coefficient (Wildman–Crippen LogP) is 2.14. The monoisotopic (exact) mass is 240 g/mol. The number of nitrogen functional groups attached to an aromatic ring is 1. The zero-order valence-electron chi connectivity index (χ0n) is 8.44. The van der Waals surface area contributed by atoms with Crippen molar-refractivity contribution in [2.75, 3.05) is 5.73 Å². The molecule has 0 spiro atoms. The molecule has 0 amide bonds. The van der Waals surface area contributed by atoms with Crippen molar-refractivity contribution >= 4 is 5.95 Å². The van der Waals surface area contributed by atoms with E-state index in [1.807, 2.05) is 0 Å². The first-order chi connectivity index (χ1) is 7.97. The van der Waals surface area contributed by atoms with Gasteiger partial charge in [0.2, 0.25) is 5.95 Å². The second-order valence-electron chi connectivity index (χ2n) is 3.28. The molecule has 0 aliphatic rings. The molecule has 1 aromatic carbocycles. The Labute approximate surface area is 94.3 Å². The SMILES string of the molecule is Nc1nncc(-c2cccc(C(F)(F)F)c2)n1. The number of hydrogen-bond donors (Lipinski definition) is 1. The number of hydrogen-bond acceptors (Lipinski definition) is 4. The average Bonchev–Trinajstić information content (AvgIpc) is 2.28. The van der Waals surface area contributed by atoms with Crippen molar-refractivity contribution in [3.63, 3.8) is 0 Å². The molecule has 1 heterocycles. The van der Waals surface area contributed by atoms with Gasteiger partial charge in [-0.15, -0.1) is 5.10 Å². The van der Waals surface area contributed by atoms with Crippen molar-refractivity contribution in [1.82, 2.24) is 15.2 Å². The Balaban J connectivity index is 2.47. The van der Waals surface area contributed by atoms with E-state index in [0.717, 1.165) is 12.1 Å². The highest BCUT2D eigenvalue weighted by molar-refractivity contribution is 5.59. The molecule has 88 valence electrons. The second kappa shape index (κ2) is 4.00. The number of nitrogens with two attached hydrogens (primary N) is 1. The Kier molecular flexibility index (Phi) is 2.66. The van der Waals surface area contributed by atoms with E-state index >= 15 is 0 Å². The lowest BCUT2D eigenvalue weighted by atomic mass is 10.1. The first kappa shape index (κ1) is 11.3. The molecule has 2 rings (SSSR count). The van der Waals surface area contributed by atoms with Gasteiger partial charge < -0.3 is 5.73 Å². The Morgan fingerprint density at radius 1 is 1.18 bits per heavy atom. The van der Waals surface area contributed by atoms with Crippen LogP contribution in [-0.4, -0.2) is 15.2 Å². The summed E-state index contributed by atoms with van der Waals surface area (Å²) in [4.78, 5) is 3.80. The zero-order chi connectivity index (χ0) is 12.5. The number of benzene rings is 1. The van der Waals surface area contributed by atoms with Crippen LogP contribution >= 0.6 is 0 Å². The molecular weight excluding hydrogens is 233 g/mol. The summed E-state index contributed by atoms with van der Waals surface area (Å²) < 4.78 is 37.5. The largest absolute Gasteiger partial charge is 0.416 e. The molecule has 0 bridgehead atoms. The van der Waals surface area contributed by atoms with E-state index in [1.165, 1.54) is 18.3 Å². The predicted molar refractivity (Wildman–Crippen MR) is 54.7 cm³/mol. The van der Waals surface area contributed by atoms with E-state index in [2.05, 4.69) is 15.2 Å². The quantitative estimate of drug-likeness (QED) is 0.829. The third-order valence-corrected chi connectivity index (χ3v) is 2.06. The molecule has 0 saturated heterocycles. The van der Waals surface area contributed by atoms with Gasteiger partial charge in [-0.3, -0.25) is 0 Å². The molecule has 0 radical (unpaired) electrons. The molecule has 0 atom stereocenters. The molecule has 0 unspecified atom stereocenters. The van der Waals surface area contributed by atoms with E-state index in [4.69, 9.17) is 5.73 Å². The lowest BCUT2D eigenvalue weighted by Gasteiger charge is -2.08.